The topological polar surface area (TPSA) is 57.3 Å². The third-order valence-electron chi connectivity index (χ3n) is 3.69. The molecule has 2 N–H and O–H groups in total. The minimum absolute atomic E-state index is 0.283. The maximum atomic E-state index is 11.0. The van der Waals surface area contributed by atoms with Crippen molar-refractivity contribution in [2.24, 2.45) is 0 Å². The predicted molar refractivity (Wildman–Crippen MR) is 84.0 cm³/mol. The van der Waals surface area contributed by atoms with Gasteiger partial charge in [-0.25, -0.2) is 0 Å². The van der Waals surface area contributed by atoms with E-state index in [1.165, 1.54) is 0 Å². The summed E-state index contributed by atoms with van der Waals surface area (Å²) in [5, 5.41) is 6.90. The summed E-state index contributed by atoms with van der Waals surface area (Å²) in [4.78, 5) is 18.1. The van der Waals surface area contributed by atoms with E-state index in [1.807, 2.05) is 0 Å². The number of carbonyl (C=O) groups excluding carboxylic acids is 1. The first-order chi connectivity index (χ1) is 10.2. The van der Waals surface area contributed by atoms with Gasteiger partial charge in [0.1, 0.15) is 5.78 Å². The van der Waals surface area contributed by atoms with Crippen molar-refractivity contribution in [1.82, 2.24) is 20.5 Å². The lowest BCUT2D eigenvalue weighted by Gasteiger charge is -2.23. The highest BCUT2D eigenvalue weighted by atomic mass is 16.1. The first-order valence-corrected chi connectivity index (χ1v) is 7.82. The van der Waals surface area contributed by atoms with E-state index in [9.17, 15) is 4.79 Å². The molecule has 5 nitrogen and oxygen atoms in total. The standard InChI is InChI=1S/C16H26N4O/c1-14(21)4-3-9-20-10-7-17-12-15-5-2-6-16(19-15)13-18-8-11-20/h2,5-6,17-18H,3-4,7-13H2,1H3. The van der Waals surface area contributed by atoms with Crippen LogP contribution < -0.4 is 10.6 Å². The molecular weight excluding hydrogens is 264 g/mol. The molecule has 0 amide bonds. The SMILES string of the molecule is CC(=O)CCCN1CCNCc2cccc(n2)CNCC1. The molecule has 0 atom stereocenters. The second-order valence-corrected chi connectivity index (χ2v) is 5.62. The lowest BCUT2D eigenvalue weighted by Crippen LogP contribution is -2.38. The van der Waals surface area contributed by atoms with Crippen molar-refractivity contribution < 1.29 is 4.79 Å². The minimum Gasteiger partial charge on any atom is -0.310 e. The Morgan fingerprint density at radius 3 is 2.38 bits per heavy atom. The van der Waals surface area contributed by atoms with E-state index in [2.05, 4.69) is 38.7 Å². The Kier molecular flexibility index (Phi) is 6.79. The number of rotatable bonds is 4. The van der Waals surface area contributed by atoms with E-state index >= 15 is 0 Å². The van der Waals surface area contributed by atoms with Gasteiger partial charge in [-0.1, -0.05) is 6.07 Å². The molecule has 5 heteroatoms. The van der Waals surface area contributed by atoms with Crippen LogP contribution in [0.4, 0.5) is 0 Å². The highest BCUT2D eigenvalue weighted by Crippen LogP contribution is 2.01. The van der Waals surface area contributed by atoms with Crippen molar-refractivity contribution in [2.45, 2.75) is 32.9 Å². The van der Waals surface area contributed by atoms with Gasteiger partial charge in [0.05, 0.1) is 11.4 Å². The molecule has 1 aliphatic rings. The summed E-state index contributed by atoms with van der Waals surface area (Å²) in [6.07, 6.45) is 1.64. The second-order valence-electron chi connectivity index (χ2n) is 5.62. The molecule has 0 spiro atoms. The van der Waals surface area contributed by atoms with Crippen LogP contribution in [-0.4, -0.2) is 48.4 Å². The molecule has 2 rings (SSSR count). The fourth-order valence-electron chi connectivity index (χ4n) is 2.52. The van der Waals surface area contributed by atoms with Crippen LogP contribution in [0.3, 0.4) is 0 Å². The summed E-state index contributed by atoms with van der Waals surface area (Å²) in [7, 11) is 0. The van der Waals surface area contributed by atoms with Crippen LogP contribution in [0.5, 0.6) is 0 Å². The van der Waals surface area contributed by atoms with Crippen LogP contribution >= 0.6 is 0 Å². The fourth-order valence-corrected chi connectivity index (χ4v) is 2.52. The second kappa shape index (κ2) is 8.87. The van der Waals surface area contributed by atoms with Crippen LogP contribution in [0.25, 0.3) is 0 Å². The molecule has 21 heavy (non-hydrogen) atoms. The molecule has 0 saturated heterocycles. The zero-order chi connectivity index (χ0) is 14.9. The number of nitrogens with zero attached hydrogens (tertiary/aromatic N) is 2. The summed E-state index contributed by atoms with van der Waals surface area (Å²) in [6.45, 7) is 8.22. The van der Waals surface area contributed by atoms with Crippen molar-refractivity contribution in [3.05, 3.63) is 29.6 Å². The molecule has 0 aromatic carbocycles. The molecule has 0 fully saturated rings. The third-order valence-corrected chi connectivity index (χ3v) is 3.69. The van der Waals surface area contributed by atoms with Crippen LogP contribution in [-0.2, 0) is 17.9 Å². The molecule has 1 aliphatic heterocycles. The summed E-state index contributed by atoms with van der Waals surface area (Å²) in [6, 6.07) is 6.20. The van der Waals surface area contributed by atoms with E-state index in [0.717, 1.165) is 63.6 Å². The zero-order valence-electron chi connectivity index (χ0n) is 12.9. The van der Waals surface area contributed by atoms with Crippen molar-refractivity contribution in [3.63, 3.8) is 0 Å². The predicted octanol–water partition coefficient (Wildman–Crippen LogP) is 0.946. The number of Topliss-reactive ketones (excluding diaryl/α,β-unsaturated/α-hetero) is 1. The van der Waals surface area contributed by atoms with Crippen molar-refractivity contribution in [2.75, 3.05) is 32.7 Å². The van der Waals surface area contributed by atoms with Crippen molar-refractivity contribution in [3.8, 4) is 0 Å². The van der Waals surface area contributed by atoms with Crippen LogP contribution in [0.15, 0.2) is 18.2 Å². The van der Waals surface area contributed by atoms with Crippen LogP contribution in [0, 0.1) is 0 Å². The third kappa shape index (κ3) is 6.33. The molecule has 2 bridgehead atoms. The van der Waals surface area contributed by atoms with Gasteiger partial charge in [0.2, 0.25) is 0 Å². The Morgan fingerprint density at radius 2 is 1.81 bits per heavy atom. The maximum Gasteiger partial charge on any atom is 0.129 e. The number of pyridine rings is 1. The van der Waals surface area contributed by atoms with Crippen molar-refractivity contribution >= 4 is 5.78 Å². The molecule has 0 saturated carbocycles. The Balaban J connectivity index is 1.83. The number of ketones is 1. The lowest BCUT2D eigenvalue weighted by atomic mass is 10.2. The molecule has 116 valence electrons. The van der Waals surface area contributed by atoms with Gasteiger partial charge >= 0.3 is 0 Å². The summed E-state index contributed by atoms with van der Waals surface area (Å²) in [5.74, 6) is 0.283. The van der Waals surface area contributed by atoms with E-state index in [1.54, 1.807) is 6.92 Å². The van der Waals surface area contributed by atoms with E-state index in [4.69, 9.17) is 0 Å². The van der Waals surface area contributed by atoms with Gasteiger partial charge in [-0.15, -0.1) is 0 Å². The van der Waals surface area contributed by atoms with Gasteiger partial charge in [-0.3, -0.25) is 4.98 Å². The van der Waals surface area contributed by atoms with Crippen LogP contribution in [0.2, 0.25) is 0 Å². The summed E-state index contributed by atoms with van der Waals surface area (Å²) in [5.41, 5.74) is 2.19. The van der Waals surface area contributed by atoms with Gasteiger partial charge in [-0.05, 0) is 32.0 Å². The molecular formula is C16H26N4O. The molecule has 0 radical (unpaired) electrons. The quantitative estimate of drug-likeness (QED) is 0.864. The number of aromatic nitrogens is 1. The smallest absolute Gasteiger partial charge is 0.129 e. The lowest BCUT2D eigenvalue weighted by molar-refractivity contribution is -0.117. The van der Waals surface area contributed by atoms with Crippen molar-refractivity contribution in [1.29, 1.82) is 0 Å². The molecule has 1 aromatic heterocycles. The Hall–Kier alpha value is -1.30. The van der Waals surface area contributed by atoms with Gasteiger partial charge in [-0.2, -0.15) is 0 Å². The number of fused-ring (bicyclic) bond motifs is 2. The zero-order valence-corrected chi connectivity index (χ0v) is 12.9. The fraction of sp³-hybridized carbons (Fsp3) is 0.625. The average Bonchev–Trinajstić information content (AvgIpc) is 2.46. The van der Waals surface area contributed by atoms with E-state index in [0.29, 0.717) is 6.42 Å². The van der Waals surface area contributed by atoms with Gasteiger partial charge in [0, 0.05) is 45.7 Å². The summed E-state index contributed by atoms with van der Waals surface area (Å²) < 4.78 is 0. The van der Waals surface area contributed by atoms with Crippen LogP contribution in [0.1, 0.15) is 31.2 Å². The number of hydrogen-bond acceptors (Lipinski definition) is 5. The molecule has 0 unspecified atom stereocenters. The Labute approximate surface area is 127 Å². The largest absolute Gasteiger partial charge is 0.310 e. The number of hydrogen-bond donors (Lipinski definition) is 2. The van der Waals surface area contributed by atoms with E-state index < -0.39 is 0 Å². The van der Waals surface area contributed by atoms with E-state index in [-0.39, 0.29) is 5.78 Å². The number of carbonyl (C=O) groups is 1. The first kappa shape index (κ1) is 16.1. The molecule has 2 heterocycles. The monoisotopic (exact) mass is 290 g/mol. The normalized spacial score (nSPS) is 17.8. The Morgan fingerprint density at radius 1 is 1.19 bits per heavy atom. The first-order valence-electron chi connectivity index (χ1n) is 7.82. The van der Waals surface area contributed by atoms with Gasteiger partial charge in [0.15, 0.2) is 0 Å². The average molecular weight is 290 g/mol. The van der Waals surface area contributed by atoms with Gasteiger partial charge < -0.3 is 20.3 Å². The maximum absolute atomic E-state index is 11.0. The highest BCUT2D eigenvalue weighted by molar-refractivity contribution is 5.75. The minimum atomic E-state index is 0.283. The molecule has 1 aromatic rings. The summed E-state index contributed by atoms with van der Waals surface area (Å²) >= 11 is 0. The highest BCUT2D eigenvalue weighted by Gasteiger charge is 2.07. The van der Waals surface area contributed by atoms with Gasteiger partial charge in [0.25, 0.3) is 0 Å². The number of nitrogens with one attached hydrogen (secondary N) is 2. The molecule has 0 aliphatic carbocycles. The Bertz CT molecular complexity index is 422.